The molecule has 0 aromatic heterocycles. The van der Waals surface area contributed by atoms with Crippen LogP contribution in [0.1, 0.15) is 63.9 Å². The van der Waals surface area contributed by atoms with E-state index in [0.717, 1.165) is 25.7 Å². The van der Waals surface area contributed by atoms with Gasteiger partial charge in [0.1, 0.15) is 5.78 Å². The number of hydrogen-bond donors (Lipinski definition) is 1. The predicted octanol–water partition coefficient (Wildman–Crippen LogP) is 4.08. The van der Waals surface area contributed by atoms with Crippen LogP contribution in [0.4, 0.5) is 5.69 Å². The Kier molecular flexibility index (Phi) is 6.30. The summed E-state index contributed by atoms with van der Waals surface area (Å²) in [5, 5.41) is 2.76. The zero-order valence-electron chi connectivity index (χ0n) is 16.2. The molecule has 0 saturated heterocycles. The first kappa shape index (κ1) is 19.6. The highest BCUT2D eigenvalue weighted by Gasteiger charge is 2.41. The first-order chi connectivity index (χ1) is 13.0. The van der Waals surface area contributed by atoms with Crippen molar-refractivity contribution >= 4 is 23.3 Å². The number of nitrogens with one attached hydrogen (secondary N) is 1. The number of Topliss-reactive ketones (excluding diaryl/α,β-unsaturated/α-hetero) is 1. The van der Waals surface area contributed by atoms with E-state index in [1.165, 1.54) is 5.56 Å². The van der Waals surface area contributed by atoms with E-state index in [2.05, 4.69) is 19.2 Å². The third kappa shape index (κ3) is 4.76. The Hall–Kier alpha value is -2.17. The number of benzene rings is 1. The van der Waals surface area contributed by atoms with E-state index in [0.29, 0.717) is 30.2 Å². The van der Waals surface area contributed by atoms with E-state index >= 15 is 0 Å². The number of amides is 1. The largest absolute Gasteiger partial charge is 0.455 e. The normalized spacial score (nSPS) is 25.6. The molecule has 0 aliphatic heterocycles. The molecule has 2 bridgehead atoms. The summed E-state index contributed by atoms with van der Waals surface area (Å²) in [5.74, 6) is -0.115. The Morgan fingerprint density at radius 1 is 1.15 bits per heavy atom. The van der Waals surface area contributed by atoms with Gasteiger partial charge in [-0.3, -0.25) is 14.4 Å². The number of ether oxygens (including phenoxy) is 1. The lowest BCUT2D eigenvalue weighted by Crippen LogP contribution is -2.40. The van der Waals surface area contributed by atoms with Crippen molar-refractivity contribution in [3.63, 3.8) is 0 Å². The number of anilines is 1. The molecular formula is C22H29NO4. The number of esters is 1. The molecule has 1 unspecified atom stereocenters. The summed E-state index contributed by atoms with van der Waals surface area (Å²) in [5.41, 5.74) is 1.93. The quantitative estimate of drug-likeness (QED) is 0.765. The van der Waals surface area contributed by atoms with Crippen LogP contribution >= 0.6 is 0 Å². The van der Waals surface area contributed by atoms with Crippen molar-refractivity contribution in [1.82, 2.24) is 0 Å². The lowest BCUT2D eigenvalue weighted by Gasteiger charge is -2.36. The molecule has 2 fully saturated rings. The van der Waals surface area contributed by atoms with Crippen LogP contribution in [0.3, 0.4) is 0 Å². The van der Waals surface area contributed by atoms with Crippen LogP contribution in [0.25, 0.3) is 0 Å². The summed E-state index contributed by atoms with van der Waals surface area (Å²) in [6, 6.07) is 7.76. The fourth-order valence-corrected chi connectivity index (χ4v) is 4.25. The van der Waals surface area contributed by atoms with Crippen LogP contribution < -0.4 is 5.32 Å². The monoisotopic (exact) mass is 371 g/mol. The molecule has 5 heteroatoms. The van der Waals surface area contributed by atoms with Gasteiger partial charge in [0.05, 0.1) is 5.92 Å². The smallest absolute Gasteiger partial charge is 0.309 e. The van der Waals surface area contributed by atoms with Crippen molar-refractivity contribution in [2.24, 2.45) is 17.8 Å². The van der Waals surface area contributed by atoms with Crippen molar-refractivity contribution in [1.29, 1.82) is 0 Å². The zero-order valence-corrected chi connectivity index (χ0v) is 16.2. The molecule has 1 aromatic carbocycles. The van der Waals surface area contributed by atoms with Gasteiger partial charge in [0, 0.05) is 17.5 Å². The molecule has 1 amide bonds. The predicted molar refractivity (Wildman–Crippen MR) is 103 cm³/mol. The minimum Gasteiger partial charge on any atom is -0.455 e. The van der Waals surface area contributed by atoms with E-state index in [9.17, 15) is 14.4 Å². The Balaban J connectivity index is 1.46. The fraction of sp³-hybridized carbons (Fsp3) is 0.591. The van der Waals surface area contributed by atoms with E-state index < -0.39 is 0 Å². The van der Waals surface area contributed by atoms with Gasteiger partial charge in [0.15, 0.2) is 6.61 Å². The second kappa shape index (κ2) is 8.68. The second-order valence-corrected chi connectivity index (χ2v) is 7.98. The van der Waals surface area contributed by atoms with Gasteiger partial charge in [-0.25, -0.2) is 0 Å². The van der Waals surface area contributed by atoms with Gasteiger partial charge in [0.2, 0.25) is 0 Å². The third-order valence-corrected chi connectivity index (χ3v) is 6.10. The standard InChI is InChI=1S/C22H29NO4/c1-3-14(2)15-7-9-19(10-8-15)23-20(24)13-27-22(26)18-11-16-5-4-6-17(12-18)21(16)25/h7-10,14,16-18H,3-6,11-13H2,1-2H3,(H,23,24)/t14-,16-,17+,18?/m1/s1. The molecule has 2 aliphatic rings. The molecule has 2 saturated carbocycles. The maximum Gasteiger partial charge on any atom is 0.309 e. The van der Waals surface area contributed by atoms with Crippen molar-refractivity contribution in [3.05, 3.63) is 29.8 Å². The molecule has 1 aromatic rings. The minimum absolute atomic E-state index is 0.00732. The van der Waals surface area contributed by atoms with Crippen molar-refractivity contribution in [2.45, 2.75) is 58.3 Å². The van der Waals surface area contributed by atoms with Crippen LogP contribution in [0.15, 0.2) is 24.3 Å². The number of carbonyl (C=O) groups excluding carboxylic acids is 3. The summed E-state index contributed by atoms with van der Waals surface area (Å²) in [7, 11) is 0. The Morgan fingerprint density at radius 2 is 1.78 bits per heavy atom. The summed E-state index contributed by atoms with van der Waals surface area (Å²) < 4.78 is 5.23. The Bertz CT molecular complexity index is 681. The molecule has 4 atom stereocenters. The average Bonchev–Trinajstić information content (AvgIpc) is 2.66. The topological polar surface area (TPSA) is 72.5 Å². The Morgan fingerprint density at radius 3 is 2.37 bits per heavy atom. The maximum absolute atomic E-state index is 12.3. The number of ketones is 1. The minimum atomic E-state index is -0.346. The number of carbonyl (C=O) groups is 3. The maximum atomic E-state index is 12.3. The molecule has 5 nitrogen and oxygen atoms in total. The summed E-state index contributed by atoms with van der Waals surface area (Å²) in [6.07, 6.45) is 5.05. The highest BCUT2D eigenvalue weighted by molar-refractivity contribution is 5.93. The molecule has 0 spiro atoms. The summed E-state index contributed by atoms with van der Waals surface area (Å²) >= 11 is 0. The molecule has 0 heterocycles. The highest BCUT2D eigenvalue weighted by atomic mass is 16.5. The summed E-state index contributed by atoms with van der Waals surface area (Å²) in [4.78, 5) is 36.5. The lowest BCUT2D eigenvalue weighted by molar-refractivity contribution is -0.155. The molecule has 1 N–H and O–H groups in total. The van der Waals surface area contributed by atoms with Gasteiger partial charge >= 0.3 is 5.97 Å². The van der Waals surface area contributed by atoms with Crippen molar-refractivity contribution in [3.8, 4) is 0 Å². The zero-order chi connectivity index (χ0) is 19.4. The van der Waals surface area contributed by atoms with E-state index in [-0.39, 0.29) is 36.2 Å². The molecule has 3 rings (SSSR count). The molecule has 27 heavy (non-hydrogen) atoms. The molecule has 0 radical (unpaired) electrons. The van der Waals surface area contributed by atoms with Gasteiger partial charge in [-0.05, 0) is 55.7 Å². The average molecular weight is 371 g/mol. The number of hydrogen-bond acceptors (Lipinski definition) is 4. The second-order valence-electron chi connectivity index (χ2n) is 7.98. The summed E-state index contributed by atoms with van der Waals surface area (Å²) in [6.45, 7) is 4.02. The van der Waals surface area contributed by atoms with Crippen LogP contribution in [-0.2, 0) is 19.1 Å². The highest BCUT2D eigenvalue weighted by Crippen LogP contribution is 2.40. The Labute approximate surface area is 160 Å². The fourth-order valence-electron chi connectivity index (χ4n) is 4.25. The van der Waals surface area contributed by atoms with E-state index in [4.69, 9.17) is 4.74 Å². The van der Waals surface area contributed by atoms with E-state index in [1.54, 1.807) is 0 Å². The number of rotatable bonds is 6. The van der Waals surface area contributed by atoms with Gasteiger partial charge in [-0.15, -0.1) is 0 Å². The SMILES string of the molecule is CC[C@@H](C)c1ccc(NC(=O)COC(=O)C2C[C@H]3CCC[C@@H](C2)C3=O)cc1. The molecule has 2 aliphatic carbocycles. The first-order valence-electron chi connectivity index (χ1n) is 10.1. The van der Waals surface area contributed by atoms with E-state index in [1.807, 2.05) is 24.3 Å². The van der Waals surface area contributed by atoms with Crippen LogP contribution in [-0.4, -0.2) is 24.3 Å². The molecular weight excluding hydrogens is 342 g/mol. The number of fused-ring (bicyclic) bond motifs is 2. The van der Waals surface area contributed by atoms with Gasteiger partial charge in [-0.2, -0.15) is 0 Å². The van der Waals surface area contributed by atoms with Crippen LogP contribution in [0.2, 0.25) is 0 Å². The first-order valence-corrected chi connectivity index (χ1v) is 10.1. The van der Waals surface area contributed by atoms with Crippen LogP contribution in [0.5, 0.6) is 0 Å². The molecule has 146 valence electrons. The van der Waals surface area contributed by atoms with Crippen molar-refractivity contribution < 1.29 is 19.1 Å². The van der Waals surface area contributed by atoms with Gasteiger partial charge in [0.25, 0.3) is 5.91 Å². The lowest BCUT2D eigenvalue weighted by atomic mass is 9.67. The van der Waals surface area contributed by atoms with Gasteiger partial charge < -0.3 is 10.1 Å². The van der Waals surface area contributed by atoms with Gasteiger partial charge in [-0.1, -0.05) is 32.4 Å². The van der Waals surface area contributed by atoms with Crippen molar-refractivity contribution in [2.75, 3.05) is 11.9 Å². The third-order valence-electron chi connectivity index (χ3n) is 6.10. The van der Waals surface area contributed by atoms with Crippen LogP contribution in [0, 0.1) is 17.8 Å².